The number of nitrogens with one attached hydrogen (secondary N) is 1. The summed E-state index contributed by atoms with van der Waals surface area (Å²) in [5, 5.41) is 2.64. The van der Waals surface area contributed by atoms with E-state index < -0.39 is 28.0 Å². The smallest absolute Gasteiger partial charge is 0.295 e. The van der Waals surface area contributed by atoms with Crippen LogP contribution in [-0.4, -0.2) is 37.3 Å². The van der Waals surface area contributed by atoms with Gasteiger partial charge in [-0.15, -0.1) is 0 Å². The molecule has 0 aliphatic heterocycles. The molecule has 4 aromatic rings. The van der Waals surface area contributed by atoms with Gasteiger partial charge in [0.1, 0.15) is 18.0 Å². The molecule has 0 fully saturated rings. The van der Waals surface area contributed by atoms with Gasteiger partial charge >= 0.3 is 0 Å². The van der Waals surface area contributed by atoms with E-state index in [4.69, 9.17) is 4.74 Å². The number of aromatic nitrogens is 2. The zero-order valence-electron chi connectivity index (χ0n) is 21.0. The van der Waals surface area contributed by atoms with Gasteiger partial charge in [-0.2, -0.15) is 0 Å². The Balaban J connectivity index is 1.68. The minimum absolute atomic E-state index is 0.00370. The van der Waals surface area contributed by atoms with E-state index in [0.717, 1.165) is 9.87 Å². The van der Waals surface area contributed by atoms with Gasteiger partial charge in [-0.1, -0.05) is 35.9 Å². The number of anilines is 2. The van der Waals surface area contributed by atoms with Crippen molar-refractivity contribution in [1.29, 1.82) is 0 Å². The number of amides is 1. The van der Waals surface area contributed by atoms with Crippen molar-refractivity contribution in [3.05, 3.63) is 100 Å². The quantitative estimate of drug-likeness (QED) is 0.382. The largest absolute Gasteiger partial charge is 0.497 e. The highest BCUT2D eigenvalue weighted by molar-refractivity contribution is 7.92. The first-order chi connectivity index (χ1) is 17.6. The van der Waals surface area contributed by atoms with Crippen LogP contribution < -0.4 is 19.9 Å². The van der Waals surface area contributed by atoms with Gasteiger partial charge in [0, 0.05) is 7.05 Å². The van der Waals surface area contributed by atoms with Gasteiger partial charge in [-0.25, -0.2) is 13.1 Å². The third kappa shape index (κ3) is 5.14. The summed E-state index contributed by atoms with van der Waals surface area (Å²) >= 11 is 0. The fourth-order valence-electron chi connectivity index (χ4n) is 3.92. The van der Waals surface area contributed by atoms with E-state index in [1.54, 1.807) is 67.2 Å². The van der Waals surface area contributed by atoms with Gasteiger partial charge in [0.15, 0.2) is 0 Å². The highest BCUT2D eigenvalue weighted by Crippen LogP contribution is 2.26. The molecule has 0 atom stereocenters. The summed E-state index contributed by atoms with van der Waals surface area (Å²) in [6.45, 7) is 3.06. The van der Waals surface area contributed by atoms with Gasteiger partial charge in [-0.3, -0.25) is 18.6 Å². The second kappa shape index (κ2) is 10.4. The minimum Gasteiger partial charge on any atom is -0.497 e. The maximum absolute atomic E-state index is 13.6. The Bertz CT molecular complexity index is 1570. The summed E-state index contributed by atoms with van der Waals surface area (Å²) in [5.41, 5.74) is 2.10. The van der Waals surface area contributed by atoms with E-state index in [1.165, 1.54) is 23.9 Å². The van der Waals surface area contributed by atoms with Crippen molar-refractivity contribution in [3.8, 4) is 11.4 Å². The van der Waals surface area contributed by atoms with Crippen molar-refractivity contribution in [3.63, 3.8) is 0 Å². The van der Waals surface area contributed by atoms with Crippen LogP contribution in [0.5, 0.6) is 5.75 Å². The molecule has 4 rings (SSSR count). The molecule has 1 aromatic heterocycles. The predicted octanol–water partition coefficient (Wildman–Crippen LogP) is 3.64. The standard InChI is InChI=1S/C27H28N4O5S/c1-19-10-12-21(13-11-19)30(37(34,35)24-16-14-23(36-4)15-17-24)18-25(32)28-26-20(2)29(3)31(27(26)33)22-8-6-5-7-9-22/h5-17H,18H2,1-4H3,(H,28,32). The monoisotopic (exact) mass is 520 g/mol. The average molecular weight is 521 g/mol. The zero-order chi connectivity index (χ0) is 26.7. The molecule has 0 unspecified atom stereocenters. The van der Waals surface area contributed by atoms with E-state index in [1.807, 2.05) is 25.1 Å². The van der Waals surface area contributed by atoms with Crippen LogP contribution >= 0.6 is 0 Å². The first-order valence-electron chi connectivity index (χ1n) is 11.5. The molecule has 1 N–H and O–H groups in total. The van der Waals surface area contributed by atoms with Crippen LogP contribution in [0.3, 0.4) is 0 Å². The lowest BCUT2D eigenvalue weighted by Gasteiger charge is -2.24. The number of sulfonamides is 1. The summed E-state index contributed by atoms with van der Waals surface area (Å²) in [7, 11) is -0.913. The minimum atomic E-state index is -4.12. The molecule has 9 nitrogen and oxygen atoms in total. The number of carbonyl (C=O) groups excluding carboxylic acids is 1. The molecule has 0 bridgehead atoms. The lowest BCUT2D eigenvalue weighted by molar-refractivity contribution is -0.114. The van der Waals surface area contributed by atoms with Crippen LogP contribution in [0.25, 0.3) is 5.69 Å². The van der Waals surface area contributed by atoms with E-state index in [0.29, 0.717) is 22.8 Å². The van der Waals surface area contributed by atoms with Crippen molar-refractivity contribution < 1.29 is 17.9 Å². The molecular formula is C27H28N4O5S. The maximum Gasteiger partial charge on any atom is 0.295 e. The Morgan fingerprint density at radius 1 is 0.946 bits per heavy atom. The molecule has 37 heavy (non-hydrogen) atoms. The third-order valence-corrected chi connectivity index (χ3v) is 7.86. The van der Waals surface area contributed by atoms with Crippen LogP contribution in [0.2, 0.25) is 0 Å². The van der Waals surface area contributed by atoms with E-state index in [-0.39, 0.29) is 10.6 Å². The molecule has 1 heterocycles. The number of hydrogen-bond donors (Lipinski definition) is 1. The maximum atomic E-state index is 13.6. The van der Waals surface area contributed by atoms with Crippen LogP contribution in [0.15, 0.2) is 88.6 Å². The third-order valence-electron chi connectivity index (χ3n) is 6.08. The van der Waals surface area contributed by atoms with Crippen LogP contribution in [0, 0.1) is 13.8 Å². The Labute approximate surface area is 215 Å². The Hall–Kier alpha value is -4.31. The number of hydrogen-bond acceptors (Lipinski definition) is 5. The number of aryl methyl sites for hydroxylation is 1. The number of rotatable bonds is 8. The molecule has 0 saturated heterocycles. The van der Waals surface area contributed by atoms with Crippen molar-refractivity contribution in [1.82, 2.24) is 9.36 Å². The molecular weight excluding hydrogens is 492 g/mol. The summed E-state index contributed by atoms with van der Waals surface area (Å²) in [6, 6.07) is 21.8. The first-order valence-corrected chi connectivity index (χ1v) is 12.9. The van der Waals surface area contributed by atoms with Gasteiger partial charge < -0.3 is 10.1 Å². The summed E-state index contributed by atoms with van der Waals surface area (Å²) in [6.07, 6.45) is 0. The second-order valence-corrected chi connectivity index (χ2v) is 10.4. The summed E-state index contributed by atoms with van der Waals surface area (Å²) in [5.74, 6) is -0.142. The molecule has 1 amide bonds. The second-order valence-electron chi connectivity index (χ2n) is 8.51. The van der Waals surface area contributed by atoms with Gasteiger partial charge in [-0.05, 0) is 62.4 Å². The van der Waals surface area contributed by atoms with Crippen LogP contribution in [0.1, 0.15) is 11.3 Å². The fourth-order valence-corrected chi connectivity index (χ4v) is 5.34. The molecule has 3 aromatic carbocycles. The van der Waals surface area contributed by atoms with Gasteiger partial charge in [0.05, 0.1) is 29.1 Å². The van der Waals surface area contributed by atoms with Gasteiger partial charge in [0.25, 0.3) is 15.6 Å². The van der Waals surface area contributed by atoms with E-state index in [9.17, 15) is 18.0 Å². The number of ether oxygens (including phenoxy) is 1. The van der Waals surface area contributed by atoms with Crippen molar-refractivity contribution >= 4 is 27.3 Å². The first kappa shape index (κ1) is 25.8. The Morgan fingerprint density at radius 2 is 1.57 bits per heavy atom. The van der Waals surface area contributed by atoms with Crippen molar-refractivity contribution in [2.45, 2.75) is 18.7 Å². The Morgan fingerprint density at radius 3 is 2.16 bits per heavy atom. The molecule has 10 heteroatoms. The molecule has 0 aliphatic rings. The number of nitrogens with zero attached hydrogens (tertiary/aromatic N) is 3. The molecule has 0 radical (unpaired) electrons. The predicted molar refractivity (Wildman–Crippen MR) is 143 cm³/mol. The summed E-state index contributed by atoms with van der Waals surface area (Å²) < 4.78 is 36.5. The van der Waals surface area contributed by atoms with Crippen molar-refractivity contribution in [2.24, 2.45) is 7.05 Å². The van der Waals surface area contributed by atoms with E-state index in [2.05, 4.69) is 5.32 Å². The number of methoxy groups -OCH3 is 1. The normalized spacial score (nSPS) is 11.2. The SMILES string of the molecule is COc1ccc(S(=O)(=O)N(CC(=O)Nc2c(C)n(C)n(-c3ccccc3)c2=O)c2ccc(C)cc2)cc1. The zero-order valence-corrected chi connectivity index (χ0v) is 21.8. The molecule has 0 saturated carbocycles. The number of para-hydroxylation sites is 1. The summed E-state index contributed by atoms with van der Waals surface area (Å²) in [4.78, 5) is 26.4. The highest BCUT2D eigenvalue weighted by Gasteiger charge is 2.28. The van der Waals surface area contributed by atoms with Crippen molar-refractivity contribution in [2.75, 3.05) is 23.3 Å². The molecule has 192 valence electrons. The fraction of sp³-hybridized carbons (Fsp3) is 0.185. The lowest BCUT2D eigenvalue weighted by atomic mass is 10.2. The molecule has 0 aliphatic carbocycles. The Kier molecular flexibility index (Phi) is 7.21. The van der Waals surface area contributed by atoms with Crippen LogP contribution in [-0.2, 0) is 21.9 Å². The average Bonchev–Trinajstić information content (AvgIpc) is 3.11. The number of benzene rings is 3. The van der Waals surface area contributed by atoms with Crippen LogP contribution in [0.4, 0.5) is 11.4 Å². The topological polar surface area (TPSA) is 103 Å². The highest BCUT2D eigenvalue weighted by atomic mass is 32.2. The molecule has 0 spiro atoms. The van der Waals surface area contributed by atoms with Gasteiger partial charge in [0.2, 0.25) is 5.91 Å². The van der Waals surface area contributed by atoms with E-state index >= 15 is 0 Å². The lowest BCUT2D eigenvalue weighted by Crippen LogP contribution is -2.38. The number of carbonyl (C=O) groups is 1.